The van der Waals surface area contributed by atoms with Gasteiger partial charge >= 0.3 is 12.0 Å². The minimum atomic E-state index is -0.967. The van der Waals surface area contributed by atoms with E-state index in [-0.39, 0.29) is 18.9 Å². The molecule has 7 nitrogen and oxygen atoms in total. The van der Waals surface area contributed by atoms with Crippen molar-refractivity contribution in [3.05, 3.63) is 29.8 Å². The molecule has 0 bridgehead atoms. The number of carboxylic acid groups (broad SMARTS) is 1. The first-order valence-electron chi connectivity index (χ1n) is 6.08. The molecule has 7 heteroatoms. The third-order valence-electron chi connectivity index (χ3n) is 2.39. The number of amides is 3. The predicted molar refractivity (Wildman–Crippen MR) is 73.5 cm³/mol. The normalized spacial score (nSPS) is 9.65. The maximum atomic E-state index is 11.6. The van der Waals surface area contributed by atoms with Crippen LogP contribution < -0.4 is 16.0 Å². The first-order chi connectivity index (χ1) is 9.49. The maximum Gasteiger partial charge on any atom is 0.319 e. The molecule has 0 aliphatic rings. The van der Waals surface area contributed by atoms with Crippen molar-refractivity contribution in [2.24, 2.45) is 0 Å². The third kappa shape index (κ3) is 5.85. The van der Waals surface area contributed by atoms with E-state index < -0.39 is 12.0 Å². The monoisotopic (exact) mass is 279 g/mol. The summed E-state index contributed by atoms with van der Waals surface area (Å²) < 4.78 is 0. The lowest BCUT2D eigenvalue weighted by Crippen LogP contribution is -2.36. The van der Waals surface area contributed by atoms with E-state index in [1.165, 1.54) is 6.92 Å². The average molecular weight is 279 g/mol. The SMILES string of the molecule is CC(=O)NCCNC(=O)Nc1ccccc1CC(=O)O. The van der Waals surface area contributed by atoms with Crippen molar-refractivity contribution in [1.29, 1.82) is 0 Å². The summed E-state index contributed by atoms with van der Waals surface area (Å²) in [4.78, 5) is 33.0. The zero-order valence-corrected chi connectivity index (χ0v) is 11.1. The Kier molecular flexibility index (Phi) is 6.02. The highest BCUT2D eigenvalue weighted by Gasteiger charge is 2.08. The predicted octanol–water partition coefficient (Wildman–Crippen LogP) is 0.571. The topological polar surface area (TPSA) is 108 Å². The highest BCUT2D eigenvalue weighted by molar-refractivity contribution is 5.91. The number of rotatable bonds is 6. The molecular weight excluding hydrogens is 262 g/mol. The van der Waals surface area contributed by atoms with E-state index in [0.717, 1.165) is 0 Å². The van der Waals surface area contributed by atoms with Crippen LogP contribution in [0.4, 0.5) is 10.5 Å². The standard InChI is InChI=1S/C13H17N3O4/c1-9(17)14-6-7-15-13(20)16-11-5-3-2-4-10(11)8-12(18)19/h2-5H,6-8H2,1H3,(H,14,17)(H,18,19)(H2,15,16,20). The molecule has 1 aromatic rings. The largest absolute Gasteiger partial charge is 0.481 e. The molecule has 0 fully saturated rings. The van der Waals surface area contributed by atoms with Crippen LogP contribution in [0.2, 0.25) is 0 Å². The summed E-state index contributed by atoms with van der Waals surface area (Å²) in [5.74, 6) is -1.13. The quantitative estimate of drug-likeness (QED) is 0.571. The first kappa shape index (κ1) is 15.5. The van der Waals surface area contributed by atoms with Gasteiger partial charge in [-0.25, -0.2) is 4.79 Å². The Bertz CT molecular complexity index is 502. The van der Waals surface area contributed by atoms with Gasteiger partial charge in [-0.1, -0.05) is 18.2 Å². The van der Waals surface area contributed by atoms with E-state index in [1.807, 2.05) is 0 Å². The highest BCUT2D eigenvalue weighted by Crippen LogP contribution is 2.15. The number of urea groups is 1. The number of carbonyl (C=O) groups excluding carboxylic acids is 2. The molecule has 1 rings (SSSR count). The van der Waals surface area contributed by atoms with E-state index >= 15 is 0 Å². The molecule has 1 aromatic carbocycles. The van der Waals surface area contributed by atoms with Gasteiger partial charge in [-0.15, -0.1) is 0 Å². The number of anilines is 1. The number of hydrogen-bond donors (Lipinski definition) is 4. The fourth-order valence-corrected chi connectivity index (χ4v) is 1.54. The molecule has 20 heavy (non-hydrogen) atoms. The molecule has 0 aromatic heterocycles. The lowest BCUT2D eigenvalue weighted by atomic mass is 10.1. The van der Waals surface area contributed by atoms with Crippen molar-refractivity contribution in [3.8, 4) is 0 Å². The van der Waals surface area contributed by atoms with Crippen molar-refractivity contribution in [1.82, 2.24) is 10.6 Å². The van der Waals surface area contributed by atoms with Crippen LogP contribution in [0.5, 0.6) is 0 Å². The van der Waals surface area contributed by atoms with Gasteiger partial charge in [0.15, 0.2) is 0 Å². The van der Waals surface area contributed by atoms with Gasteiger partial charge in [0, 0.05) is 25.7 Å². The lowest BCUT2D eigenvalue weighted by molar-refractivity contribution is -0.136. The molecule has 0 unspecified atom stereocenters. The number of para-hydroxylation sites is 1. The summed E-state index contributed by atoms with van der Waals surface area (Å²) in [5, 5.41) is 16.5. The van der Waals surface area contributed by atoms with E-state index in [4.69, 9.17) is 5.11 Å². The maximum absolute atomic E-state index is 11.6. The summed E-state index contributed by atoms with van der Waals surface area (Å²) in [7, 11) is 0. The van der Waals surface area contributed by atoms with Gasteiger partial charge in [0.1, 0.15) is 0 Å². The van der Waals surface area contributed by atoms with Gasteiger partial charge < -0.3 is 21.1 Å². The van der Waals surface area contributed by atoms with Gasteiger partial charge in [-0.3, -0.25) is 9.59 Å². The second-order valence-electron chi connectivity index (χ2n) is 4.09. The Balaban J connectivity index is 2.49. The highest BCUT2D eigenvalue weighted by atomic mass is 16.4. The number of carboxylic acids is 1. The Hall–Kier alpha value is -2.57. The molecule has 108 valence electrons. The summed E-state index contributed by atoms with van der Waals surface area (Å²) in [6, 6.07) is 6.23. The van der Waals surface area contributed by atoms with Gasteiger partial charge in [-0.05, 0) is 11.6 Å². The molecule has 0 saturated carbocycles. The smallest absolute Gasteiger partial charge is 0.319 e. The molecule has 0 radical (unpaired) electrons. The van der Waals surface area contributed by atoms with Crippen LogP contribution in [-0.2, 0) is 16.0 Å². The van der Waals surface area contributed by atoms with E-state index in [9.17, 15) is 14.4 Å². The zero-order chi connectivity index (χ0) is 15.0. The minimum Gasteiger partial charge on any atom is -0.481 e. The van der Waals surface area contributed by atoms with Crippen molar-refractivity contribution in [2.75, 3.05) is 18.4 Å². The van der Waals surface area contributed by atoms with Gasteiger partial charge in [0.05, 0.1) is 6.42 Å². The second-order valence-corrected chi connectivity index (χ2v) is 4.09. The first-order valence-corrected chi connectivity index (χ1v) is 6.08. The molecule has 0 aliphatic heterocycles. The van der Waals surface area contributed by atoms with Gasteiger partial charge in [0.25, 0.3) is 0 Å². The van der Waals surface area contributed by atoms with E-state index in [1.54, 1.807) is 24.3 Å². The van der Waals surface area contributed by atoms with E-state index in [0.29, 0.717) is 17.8 Å². The number of nitrogens with one attached hydrogen (secondary N) is 3. The van der Waals surface area contributed by atoms with Crippen LogP contribution in [-0.4, -0.2) is 36.1 Å². The molecule has 0 atom stereocenters. The molecule has 4 N–H and O–H groups in total. The Labute approximate surface area is 116 Å². The van der Waals surface area contributed by atoms with Crippen molar-refractivity contribution in [3.63, 3.8) is 0 Å². The number of benzene rings is 1. The van der Waals surface area contributed by atoms with Gasteiger partial charge in [-0.2, -0.15) is 0 Å². The second kappa shape index (κ2) is 7.78. The number of aliphatic carboxylic acids is 1. The fourth-order valence-electron chi connectivity index (χ4n) is 1.54. The third-order valence-corrected chi connectivity index (χ3v) is 2.39. The molecule has 0 aliphatic carbocycles. The van der Waals surface area contributed by atoms with Crippen LogP contribution >= 0.6 is 0 Å². The molecule has 3 amide bonds. The molecule has 0 heterocycles. The van der Waals surface area contributed by atoms with Crippen molar-refractivity contribution < 1.29 is 19.5 Å². The Morgan fingerprint density at radius 2 is 1.75 bits per heavy atom. The van der Waals surface area contributed by atoms with Crippen LogP contribution in [0.15, 0.2) is 24.3 Å². The summed E-state index contributed by atoms with van der Waals surface area (Å²) in [6.45, 7) is 2.01. The zero-order valence-electron chi connectivity index (χ0n) is 11.1. The van der Waals surface area contributed by atoms with Crippen LogP contribution in [0.3, 0.4) is 0 Å². The summed E-state index contributed by atoms with van der Waals surface area (Å²) in [5.41, 5.74) is 0.976. The van der Waals surface area contributed by atoms with E-state index in [2.05, 4.69) is 16.0 Å². The van der Waals surface area contributed by atoms with Crippen molar-refractivity contribution >= 4 is 23.6 Å². The van der Waals surface area contributed by atoms with Crippen LogP contribution in [0.25, 0.3) is 0 Å². The fraction of sp³-hybridized carbons (Fsp3) is 0.308. The van der Waals surface area contributed by atoms with Gasteiger partial charge in [0.2, 0.25) is 5.91 Å². The summed E-state index contributed by atoms with van der Waals surface area (Å²) >= 11 is 0. The lowest BCUT2D eigenvalue weighted by Gasteiger charge is -2.11. The molecule has 0 saturated heterocycles. The Morgan fingerprint density at radius 1 is 1.10 bits per heavy atom. The van der Waals surface area contributed by atoms with Crippen LogP contribution in [0.1, 0.15) is 12.5 Å². The van der Waals surface area contributed by atoms with Crippen LogP contribution in [0, 0.1) is 0 Å². The van der Waals surface area contributed by atoms with Crippen molar-refractivity contribution in [2.45, 2.75) is 13.3 Å². The Morgan fingerprint density at radius 3 is 2.40 bits per heavy atom. The molecular formula is C13H17N3O4. The summed E-state index contributed by atoms with van der Waals surface area (Å²) in [6.07, 6.45) is -0.164. The molecule has 0 spiro atoms. The minimum absolute atomic E-state index is 0.164. The number of carbonyl (C=O) groups is 3. The average Bonchev–Trinajstić information content (AvgIpc) is 2.36. The number of hydrogen-bond acceptors (Lipinski definition) is 3.